The maximum absolute atomic E-state index is 5.95. The van der Waals surface area contributed by atoms with Gasteiger partial charge in [-0.2, -0.15) is 0 Å². The maximum atomic E-state index is 5.95. The minimum atomic E-state index is 0.459. The van der Waals surface area contributed by atoms with E-state index in [1.807, 2.05) is 30.9 Å². The molecular formula is C15H18ClN3. The molecule has 4 heteroatoms. The van der Waals surface area contributed by atoms with Gasteiger partial charge < -0.3 is 9.88 Å². The Bertz CT molecular complexity index is 503. The van der Waals surface area contributed by atoms with Gasteiger partial charge in [0.05, 0.1) is 6.33 Å². The SMILES string of the molecule is Clc1ccc(C(NCCn2ccnc2)C2CC2)cc1. The van der Waals surface area contributed by atoms with Crippen molar-refractivity contribution in [1.29, 1.82) is 0 Å². The second-order valence-corrected chi connectivity index (χ2v) is 5.56. The van der Waals surface area contributed by atoms with E-state index in [0.717, 1.165) is 24.0 Å². The molecule has 1 unspecified atom stereocenters. The molecule has 3 nitrogen and oxygen atoms in total. The van der Waals surface area contributed by atoms with Crippen LogP contribution < -0.4 is 5.32 Å². The van der Waals surface area contributed by atoms with Crippen LogP contribution >= 0.6 is 11.6 Å². The highest BCUT2D eigenvalue weighted by atomic mass is 35.5. The van der Waals surface area contributed by atoms with Crippen LogP contribution in [0.1, 0.15) is 24.4 Å². The molecule has 1 aliphatic rings. The summed E-state index contributed by atoms with van der Waals surface area (Å²) in [7, 11) is 0. The zero-order valence-corrected chi connectivity index (χ0v) is 11.6. The Morgan fingerprint density at radius 1 is 1.32 bits per heavy atom. The van der Waals surface area contributed by atoms with Gasteiger partial charge in [-0.3, -0.25) is 0 Å². The first-order valence-corrected chi connectivity index (χ1v) is 7.15. The molecule has 1 heterocycles. The van der Waals surface area contributed by atoms with Crippen LogP contribution in [0.4, 0.5) is 0 Å². The van der Waals surface area contributed by atoms with E-state index < -0.39 is 0 Å². The van der Waals surface area contributed by atoms with E-state index in [0.29, 0.717) is 6.04 Å². The highest BCUT2D eigenvalue weighted by Crippen LogP contribution is 2.41. The molecule has 1 fully saturated rings. The standard InChI is InChI=1S/C15H18ClN3/c16-14-5-3-13(4-6-14)15(12-1-2-12)18-8-10-19-9-7-17-11-19/h3-7,9,11-12,15,18H,1-2,8,10H2. The van der Waals surface area contributed by atoms with Crippen molar-refractivity contribution in [3.8, 4) is 0 Å². The van der Waals surface area contributed by atoms with E-state index in [1.54, 1.807) is 0 Å². The van der Waals surface area contributed by atoms with Gasteiger partial charge in [0.2, 0.25) is 0 Å². The summed E-state index contributed by atoms with van der Waals surface area (Å²) in [4.78, 5) is 4.06. The molecule has 0 bridgehead atoms. The van der Waals surface area contributed by atoms with Crippen molar-refractivity contribution in [2.24, 2.45) is 5.92 Å². The summed E-state index contributed by atoms with van der Waals surface area (Å²) in [6.07, 6.45) is 8.32. The lowest BCUT2D eigenvalue weighted by Gasteiger charge is -2.19. The van der Waals surface area contributed by atoms with Crippen molar-refractivity contribution < 1.29 is 0 Å². The van der Waals surface area contributed by atoms with E-state index in [9.17, 15) is 0 Å². The molecule has 19 heavy (non-hydrogen) atoms. The summed E-state index contributed by atoms with van der Waals surface area (Å²) < 4.78 is 2.10. The van der Waals surface area contributed by atoms with Crippen LogP contribution in [0, 0.1) is 5.92 Å². The number of hydrogen-bond acceptors (Lipinski definition) is 2. The van der Waals surface area contributed by atoms with Gasteiger partial charge in [0, 0.05) is 36.5 Å². The normalized spacial score (nSPS) is 16.5. The zero-order valence-electron chi connectivity index (χ0n) is 10.8. The van der Waals surface area contributed by atoms with Crippen molar-refractivity contribution in [3.63, 3.8) is 0 Å². The van der Waals surface area contributed by atoms with Crippen LogP contribution in [0.5, 0.6) is 0 Å². The number of rotatable bonds is 6. The summed E-state index contributed by atoms with van der Waals surface area (Å²) in [5.74, 6) is 0.781. The molecule has 1 aliphatic carbocycles. The van der Waals surface area contributed by atoms with Gasteiger partial charge in [-0.15, -0.1) is 0 Å². The average Bonchev–Trinajstić information content (AvgIpc) is 3.13. The molecule has 1 N–H and O–H groups in total. The van der Waals surface area contributed by atoms with E-state index in [4.69, 9.17) is 11.6 Å². The number of nitrogens with zero attached hydrogens (tertiary/aromatic N) is 2. The molecule has 0 radical (unpaired) electrons. The van der Waals surface area contributed by atoms with E-state index in [2.05, 4.69) is 27.0 Å². The van der Waals surface area contributed by atoms with Gasteiger partial charge in [0.25, 0.3) is 0 Å². The lowest BCUT2D eigenvalue weighted by Crippen LogP contribution is -2.26. The monoisotopic (exact) mass is 275 g/mol. The smallest absolute Gasteiger partial charge is 0.0946 e. The molecule has 1 atom stereocenters. The molecule has 0 spiro atoms. The first kappa shape index (κ1) is 12.7. The summed E-state index contributed by atoms with van der Waals surface area (Å²) in [5, 5.41) is 4.47. The largest absolute Gasteiger partial charge is 0.336 e. The molecule has 1 aromatic carbocycles. The topological polar surface area (TPSA) is 29.9 Å². The Morgan fingerprint density at radius 3 is 2.74 bits per heavy atom. The highest BCUT2D eigenvalue weighted by molar-refractivity contribution is 6.30. The molecule has 2 aromatic rings. The fraction of sp³-hybridized carbons (Fsp3) is 0.400. The summed E-state index contributed by atoms with van der Waals surface area (Å²) in [6, 6.07) is 8.68. The Kier molecular flexibility index (Phi) is 3.85. The first-order chi connectivity index (χ1) is 9.33. The highest BCUT2D eigenvalue weighted by Gasteiger charge is 2.31. The van der Waals surface area contributed by atoms with E-state index in [1.165, 1.54) is 18.4 Å². The number of benzene rings is 1. The van der Waals surface area contributed by atoms with Crippen LogP contribution in [0.25, 0.3) is 0 Å². The van der Waals surface area contributed by atoms with Crippen molar-refractivity contribution in [1.82, 2.24) is 14.9 Å². The molecule has 0 aliphatic heterocycles. The predicted octanol–water partition coefficient (Wildman–Crippen LogP) is 3.28. The Morgan fingerprint density at radius 2 is 2.11 bits per heavy atom. The summed E-state index contributed by atoms with van der Waals surface area (Å²) in [6.45, 7) is 1.91. The van der Waals surface area contributed by atoms with Crippen molar-refractivity contribution in [2.45, 2.75) is 25.4 Å². The van der Waals surface area contributed by atoms with Gasteiger partial charge in [-0.1, -0.05) is 23.7 Å². The third kappa shape index (κ3) is 3.37. The minimum Gasteiger partial charge on any atom is -0.336 e. The van der Waals surface area contributed by atoms with Gasteiger partial charge in [0.15, 0.2) is 0 Å². The molecular weight excluding hydrogens is 258 g/mol. The number of aromatic nitrogens is 2. The predicted molar refractivity (Wildman–Crippen MR) is 77.1 cm³/mol. The van der Waals surface area contributed by atoms with Crippen LogP contribution in [-0.2, 0) is 6.54 Å². The van der Waals surface area contributed by atoms with E-state index in [-0.39, 0.29) is 0 Å². The number of nitrogens with one attached hydrogen (secondary N) is 1. The van der Waals surface area contributed by atoms with Gasteiger partial charge in [-0.05, 0) is 36.5 Å². The van der Waals surface area contributed by atoms with Crippen molar-refractivity contribution in [3.05, 3.63) is 53.6 Å². The Labute approximate surface area is 118 Å². The first-order valence-electron chi connectivity index (χ1n) is 6.77. The van der Waals surface area contributed by atoms with Crippen LogP contribution in [0.3, 0.4) is 0 Å². The zero-order chi connectivity index (χ0) is 13.1. The number of halogens is 1. The fourth-order valence-corrected chi connectivity index (χ4v) is 2.55. The number of imidazole rings is 1. The summed E-state index contributed by atoms with van der Waals surface area (Å²) >= 11 is 5.95. The lowest BCUT2D eigenvalue weighted by atomic mass is 10.0. The molecule has 3 rings (SSSR count). The summed E-state index contributed by atoms with van der Waals surface area (Å²) in [5.41, 5.74) is 1.34. The van der Waals surface area contributed by atoms with Gasteiger partial charge >= 0.3 is 0 Å². The van der Waals surface area contributed by atoms with Crippen molar-refractivity contribution in [2.75, 3.05) is 6.54 Å². The minimum absolute atomic E-state index is 0.459. The lowest BCUT2D eigenvalue weighted by molar-refractivity contribution is 0.462. The molecule has 0 amide bonds. The third-order valence-corrected chi connectivity index (χ3v) is 3.87. The molecule has 1 saturated carbocycles. The molecule has 1 aromatic heterocycles. The molecule has 100 valence electrons. The van der Waals surface area contributed by atoms with Crippen LogP contribution in [0.2, 0.25) is 5.02 Å². The second kappa shape index (κ2) is 5.76. The molecule has 0 saturated heterocycles. The van der Waals surface area contributed by atoms with E-state index >= 15 is 0 Å². The second-order valence-electron chi connectivity index (χ2n) is 5.12. The third-order valence-electron chi connectivity index (χ3n) is 3.62. The number of hydrogen-bond donors (Lipinski definition) is 1. The quantitative estimate of drug-likeness (QED) is 0.877. The Balaban J connectivity index is 1.60. The van der Waals surface area contributed by atoms with Gasteiger partial charge in [0.1, 0.15) is 0 Å². The van der Waals surface area contributed by atoms with Crippen molar-refractivity contribution >= 4 is 11.6 Å². The Hall–Kier alpha value is -1.32. The van der Waals surface area contributed by atoms with Crippen LogP contribution in [0.15, 0.2) is 43.0 Å². The van der Waals surface area contributed by atoms with Crippen LogP contribution in [-0.4, -0.2) is 16.1 Å². The fourth-order valence-electron chi connectivity index (χ4n) is 2.42. The maximum Gasteiger partial charge on any atom is 0.0946 e. The van der Waals surface area contributed by atoms with Gasteiger partial charge in [-0.25, -0.2) is 4.98 Å². The average molecular weight is 276 g/mol.